The first-order valence-electron chi connectivity index (χ1n) is 5.46. The van der Waals surface area contributed by atoms with Gasteiger partial charge in [0.15, 0.2) is 5.60 Å². The molecular formula is C12H19NO3S. The van der Waals surface area contributed by atoms with Crippen molar-refractivity contribution in [2.24, 2.45) is 0 Å². The first kappa shape index (κ1) is 14.2. The van der Waals surface area contributed by atoms with Gasteiger partial charge in [0, 0.05) is 23.4 Å². The summed E-state index contributed by atoms with van der Waals surface area (Å²) in [4.78, 5) is 12.0. The lowest BCUT2D eigenvalue weighted by Gasteiger charge is -2.26. The Hall–Kier alpha value is -0.910. The van der Waals surface area contributed by atoms with Crippen LogP contribution in [0.5, 0.6) is 0 Å². The number of aliphatic carboxylic acids is 1. The van der Waals surface area contributed by atoms with Gasteiger partial charge in [-0.05, 0) is 18.4 Å². The maximum Gasteiger partial charge on any atom is 0.336 e. The van der Waals surface area contributed by atoms with E-state index in [2.05, 4.69) is 25.2 Å². The lowest BCUT2D eigenvalue weighted by Crippen LogP contribution is -2.47. The number of carboxylic acid groups (broad SMARTS) is 1. The van der Waals surface area contributed by atoms with Gasteiger partial charge in [0.1, 0.15) is 0 Å². The molecule has 1 aromatic rings. The monoisotopic (exact) mass is 257 g/mol. The predicted octanol–water partition coefficient (Wildman–Crippen LogP) is 1.45. The third-order valence-corrected chi connectivity index (χ3v) is 3.92. The lowest BCUT2D eigenvalue weighted by molar-refractivity contribution is -0.156. The molecule has 0 saturated heterocycles. The fourth-order valence-electron chi connectivity index (χ4n) is 1.44. The van der Waals surface area contributed by atoms with Crippen LogP contribution in [0.4, 0.5) is 0 Å². The standard InChI is InChI=1S/C12H19NO3S/c1-11(2,9-5-4-6-17-9)7-13-8-12(3,16)10(14)15/h4-6,13,16H,7-8H2,1-3H3,(H,14,15). The van der Waals surface area contributed by atoms with Gasteiger partial charge in [-0.25, -0.2) is 4.79 Å². The van der Waals surface area contributed by atoms with Gasteiger partial charge in [0.2, 0.25) is 0 Å². The summed E-state index contributed by atoms with van der Waals surface area (Å²) >= 11 is 1.68. The van der Waals surface area contributed by atoms with Gasteiger partial charge in [-0.3, -0.25) is 0 Å². The van der Waals surface area contributed by atoms with Gasteiger partial charge in [0.05, 0.1) is 0 Å². The van der Waals surface area contributed by atoms with Crippen molar-refractivity contribution in [3.05, 3.63) is 22.4 Å². The highest BCUT2D eigenvalue weighted by Crippen LogP contribution is 2.26. The largest absolute Gasteiger partial charge is 0.479 e. The number of carboxylic acids is 1. The van der Waals surface area contributed by atoms with Crippen molar-refractivity contribution >= 4 is 17.3 Å². The van der Waals surface area contributed by atoms with E-state index in [0.29, 0.717) is 6.54 Å². The van der Waals surface area contributed by atoms with Gasteiger partial charge < -0.3 is 15.5 Å². The first-order chi connectivity index (χ1) is 7.76. The fraction of sp³-hybridized carbons (Fsp3) is 0.583. The number of rotatable bonds is 6. The normalized spacial score (nSPS) is 15.5. The molecule has 0 aromatic carbocycles. The van der Waals surface area contributed by atoms with Crippen molar-refractivity contribution < 1.29 is 15.0 Å². The molecule has 0 aliphatic rings. The van der Waals surface area contributed by atoms with E-state index in [1.807, 2.05) is 11.4 Å². The van der Waals surface area contributed by atoms with Crippen molar-refractivity contribution in [2.45, 2.75) is 31.8 Å². The van der Waals surface area contributed by atoms with Gasteiger partial charge in [-0.1, -0.05) is 19.9 Å². The van der Waals surface area contributed by atoms with E-state index in [-0.39, 0.29) is 12.0 Å². The van der Waals surface area contributed by atoms with Crippen LogP contribution in [0.2, 0.25) is 0 Å². The fourth-order valence-corrected chi connectivity index (χ4v) is 2.30. The van der Waals surface area contributed by atoms with E-state index in [1.165, 1.54) is 11.8 Å². The van der Waals surface area contributed by atoms with Crippen molar-refractivity contribution in [3.63, 3.8) is 0 Å². The van der Waals surface area contributed by atoms with Crippen LogP contribution in [0.3, 0.4) is 0 Å². The summed E-state index contributed by atoms with van der Waals surface area (Å²) in [5.74, 6) is -1.21. The van der Waals surface area contributed by atoms with Gasteiger partial charge in [0.25, 0.3) is 0 Å². The van der Waals surface area contributed by atoms with Crippen LogP contribution in [-0.4, -0.2) is 34.9 Å². The minimum Gasteiger partial charge on any atom is -0.479 e. The second kappa shape index (κ2) is 5.16. The zero-order chi connectivity index (χ0) is 13.1. The molecule has 1 aromatic heterocycles. The molecule has 96 valence electrons. The van der Waals surface area contributed by atoms with E-state index >= 15 is 0 Å². The summed E-state index contributed by atoms with van der Waals surface area (Å²) in [7, 11) is 0. The van der Waals surface area contributed by atoms with Crippen LogP contribution >= 0.6 is 11.3 Å². The van der Waals surface area contributed by atoms with E-state index in [4.69, 9.17) is 5.11 Å². The van der Waals surface area contributed by atoms with Crippen LogP contribution in [-0.2, 0) is 10.2 Å². The summed E-state index contributed by atoms with van der Waals surface area (Å²) in [6.07, 6.45) is 0. The van der Waals surface area contributed by atoms with Gasteiger partial charge in [-0.15, -0.1) is 11.3 Å². The van der Waals surface area contributed by atoms with Crippen LogP contribution in [0.15, 0.2) is 17.5 Å². The SMILES string of the molecule is CC(O)(CNCC(C)(C)c1cccs1)C(=O)O. The number of hydrogen-bond acceptors (Lipinski definition) is 4. The molecule has 3 N–H and O–H groups in total. The van der Waals surface area contributed by atoms with E-state index in [9.17, 15) is 9.90 Å². The number of aliphatic hydroxyl groups is 1. The molecule has 1 unspecified atom stereocenters. The zero-order valence-electron chi connectivity index (χ0n) is 10.4. The molecule has 0 spiro atoms. The van der Waals surface area contributed by atoms with Crippen LogP contribution in [0.25, 0.3) is 0 Å². The molecule has 0 fully saturated rings. The lowest BCUT2D eigenvalue weighted by atomic mass is 9.91. The topological polar surface area (TPSA) is 69.6 Å². The molecule has 0 aliphatic carbocycles. The molecule has 5 heteroatoms. The highest BCUT2D eigenvalue weighted by molar-refractivity contribution is 7.10. The highest BCUT2D eigenvalue weighted by Gasteiger charge is 2.30. The number of nitrogens with one attached hydrogen (secondary N) is 1. The van der Waals surface area contributed by atoms with Crippen LogP contribution < -0.4 is 5.32 Å². The second-order valence-electron chi connectivity index (χ2n) is 5.04. The Kier molecular flexibility index (Phi) is 4.30. The summed E-state index contributed by atoms with van der Waals surface area (Å²) in [6.45, 7) is 6.12. The Morgan fingerprint density at radius 1 is 1.41 bits per heavy atom. The van der Waals surface area contributed by atoms with Gasteiger partial charge >= 0.3 is 5.97 Å². The first-order valence-corrected chi connectivity index (χ1v) is 6.34. The maximum atomic E-state index is 10.7. The minimum absolute atomic E-state index is 0.0388. The minimum atomic E-state index is -1.72. The Labute approximate surface area is 105 Å². The summed E-state index contributed by atoms with van der Waals surface area (Å²) in [5, 5.41) is 23.4. The quantitative estimate of drug-likeness (QED) is 0.721. The van der Waals surface area contributed by atoms with Crippen LogP contribution in [0.1, 0.15) is 25.6 Å². The second-order valence-corrected chi connectivity index (χ2v) is 5.99. The number of carbonyl (C=O) groups is 1. The smallest absolute Gasteiger partial charge is 0.336 e. The number of thiophene rings is 1. The maximum absolute atomic E-state index is 10.7. The molecule has 17 heavy (non-hydrogen) atoms. The Balaban J connectivity index is 2.49. The third kappa shape index (κ3) is 3.80. The van der Waals surface area contributed by atoms with Crippen molar-refractivity contribution in [1.82, 2.24) is 5.32 Å². The predicted molar refractivity (Wildman–Crippen MR) is 68.5 cm³/mol. The molecule has 4 nitrogen and oxygen atoms in total. The average Bonchev–Trinajstić information content (AvgIpc) is 2.69. The van der Waals surface area contributed by atoms with E-state index in [0.717, 1.165) is 0 Å². The molecule has 0 amide bonds. The molecular weight excluding hydrogens is 238 g/mol. The molecule has 0 radical (unpaired) electrons. The Morgan fingerprint density at radius 3 is 2.53 bits per heavy atom. The summed E-state index contributed by atoms with van der Waals surface area (Å²) in [5.41, 5.74) is -1.78. The van der Waals surface area contributed by atoms with Crippen molar-refractivity contribution in [1.29, 1.82) is 0 Å². The molecule has 0 saturated carbocycles. The summed E-state index contributed by atoms with van der Waals surface area (Å²) in [6, 6.07) is 4.05. The van der Waals surface area contributed by atoms with E-state index < -0.39 is 11.6 Å². The summed E-state index contributed by atoms with van der Waals surface area (Å²) < 4.78 is 0. The van der Waals surface area contributed by atoms with Crippen molar-refractivity contribution in [2.75, 3.05) is 13.1 Å². The number of hydrogen-bond donors (Lipinski definition) is 3. The zero-order valence-corrected chi connectivity index (χ0v) is 11.2. The Morgan fingerprint density at radius 2 is 2.06 bits per heavy atom. The molecule has 1 rings (SSSR count). The molecule has 0 bridgehead atoms. The van der Waals surface area contributed by atoms with Crippen molar-refractivity contribution in [3.8, 4) is 0 Å². The molecule has 1 heterocycles. The Bertz CT molecular complexity index is 371. The average molecular weight is 257 g/mol. The molecule has 0 aliphatic heterocycles. The van der Waals surface area contributed by atoms with Crippen LogP contribution in [0, 0.1) is 0 Å². The molecule has 1 atom stereocenters. The van der Waals surface area contributed by atoms with Gasteiger partial charge in [-0.2, -0.15) is 0 Å². The third-order valence-electron chi connectivity index (χ3n) is 2.69. The highest BCUT2D eigenvalue weighted by atomic mass is 32.1. The van der Waals surface area contributed by atoms with E-state index in [1.54, 1.807) is 11.3 Å².